The molecule has 8 aromatic carbocycles. The molecule has 11 rings (SSSR count). The summed E-state index contributed by atoms with van der Waals surface area (Å²) in [5.74, 6) is 2.12. The van der Waals surface area contributed by atoms with Crippen LogP contribution in [-0.2, 0) is 22.7 Å². The van der Waals surface area contributed by atoms with Crippen molar-refractivity contribution in [2.45, 2.75) is 78.1 Å². The molecule has 0 radical (unpaired) electrons. The van der Waals surface area contributed by atoms with Crippen molar-refractivity contribution in [2.75, 3.05) is 0 Å². The van der Waals surface area contributed by atoms with Crippen LogP contribution >= 0.6 is 0 Å². The van der Waals surface area contributed by atoms with E-state index in [2.05, 4.69) is 169 Å². The molecule has 0 atom stereocenters. The van der Waals surface area contributed by atoms with Gasteiger partial charge in [-0.25, -0.2) is 4.98 Å². The summed E-state index contributed by atoms with van der Waals surface area (Å²) in [5.41, 5.74) is 11.8. The number of benzene rings is 8. The lowest BCUT2D eigenvalue weighted by atomic mass is 9.78. The molecule has 0 fully saturated rings. The average Bonchev–Trinajstić information content (AvgIpc) is 3.96. The van der Waals surface area contributed by atoms with Gasteiger partial charge in [0.1, 0.15) is 17.3 Å². The van der Waals surface area contributed by atoms with Gasteiger partial charge in [0.2, 0.25) is 0 Å². The molecular formula is C66H60N4O. The zero-order valence-electron chi connectivity index (χ0n) is 46.6. The lowest BCUT2D eigenvalue weighted by Gasteiger charge is -2.27. The van der Waals surface area contributed by atoms with Gasteiger partial charge >= 0.3 is 0 Å². The van der Waals surface area contributed by atoms with Crippen molar-refractivity contribution in [1.82, 2.24) is 14.1 Å². The van der Waals surface area contributed by atoms with Crippen LogP contribution < -0.4 is 9.30 Å². The number of fused-ring (bicyclic) bond motifs is 4. The summed E-state index contributed by atoms with van der Waals surface area (Å²) in [4.78, 5) is 4.96. The van der Waals surface area contributed by atoms with Crippen LogP contribution in [-0.4, -0.2) is 14.1 Å². The normalized spacial score (nSPS) is 13.3. The first-order chi connectivity index (χ1) is 36.3. The van der Waals surface area contributed by atoms with Crippen molar-refractivity contribution in [3.05, 3.63) is 235 Å². The summed E-state index contributed by atoms with van der Waals surface area (Å²) >= 11 is 0. The number of nitrogens with zero attached hydrogens (tertiary/aromatic N) is 4. The van der Waals surface area contributed by atoms with E-state index in [4.69, 9.17) is 13.8 Å². The maximum atomic E-state index is 9.23. The molecule has 5 nitrogen and oxygen atoms in total. The van der Waals surface area contributed by atoms with E-state index in [9.17, 15) is 2.74 Å². The maximum Gasteiger partial charge on any atom is 0.269 e. The Morgan fingerprint density at radius 2 is 1.20 bits per heavy atom. The summed E-state index contributed by atoms with van der Waals surface area (Å²) in [7, 11) is 0. The molecule has 0 aliphatic carbocycles. The van der Waals surface area contributed by atoms with Crippen molar-refractivity contribution in [3.8, 4) is 50.9 Å². The Bertz CT molecular complexity index is 4000. The number of para-hydroxylation sites is 4. The Labute approximate surface area is 425 Å². The van der Waals surface area contributed by atoms with Gasteiger partial charge in [0.05, 0.1) is 40.3 Å². The minimum atomic E-state index is -0.439. The third kappa shape index (κ3) is 8.71. The van der Waals surface area contributed by atoms with Crippen LogP contribution in [0.5, 0.6) is 11.5 Å². The quantitative estimate of drug-likeness (QED) is 0.101. The van der Waals surface area contributed by atoms with Crippen molar-refractivity contribution in [1.29, 1.82) is 0 Å². The van der Waals surface area contributed by atoms with E-state index in [1.54, 1.807) is 0 Å². The Balaban J connectivity index is 1.04. The lowest BCUT2D eigenvalue weighted by molar-refractivity contribution is -0.571. The molecule has 0 spiro atoms. The average molecular weight is 930 g/mol. The first-order valence-electron chi connectivity index (χ1n) is 26.9. The molecule has 3 aromatic heterocycles. The fourth-order valence-corrected chi connectivity index (χ4v) is 9.95. The minimum Gasteiger partial charge on any atom is -0.458 e. The number of imidazole rings is 1. The number of aromatic nitrogens is 4. The summed E-state index contributed by atoms with van der Waals surface area (Å²) in [6.45, 7) is 17.8. The molecule has 3 heterocycles. The number of rotatable bonds is 10. The Morgan fingerprint density at radius 1 is 0.549 bits per heavy atom. The molecule has 11 aromatic rings. The molecule has 0 saturated carbocycles. The lowest BCUT2D eigenvalue weighted by Crippen LogP contribution is -2.31. The topological polar surface area (TPSA) is 35.9 Å². The molecule has 0 aliphatic heterocycles. The smallest absolute Gasteiger partial charge is 0.269 e. The van der Waals surface area contributed by atoms with Crippen LogP contribution in [0.25, 0.3) is 72.3 Å². The zero-order valence-corrected chi connectivity index (χ0v) is 41.6. The number of ether oxygens (including phenoxy) is 1. The third-order valence-corrected chi connectivity index (χ3v) is 13.8. The first-order valence-corrected chi connectivity index (χ1v) is 24.4. The van der Waals surface area contributed by atoms with Gasteiger partial charge in [-0.05, 0) is 116 Å². The highest BCUT2D eigenvalue weighted by atomic mass is 16.5. The molecule has 71 heavy (non-hydrogen) atoms. The Morgan fingerprint density at radius 3 is 1.94 bits per heavy atom. The van der Waals surface area contributed by atoms with Gasteiger partial charge in [0.15, 0.2) is 0 Å². The van der Waals surface area contributed by atoms with Crippen molar-refractivity contribution < 1.29 is 16.2 Å². The van der Waals surface area contributed by atoms with Crippen molar-refractivity contribution in [2.24, 2.45) is 0 Å². The monoisotopic (exact) mass is 930 g/mol. The highest BCUT2D eigenvalue weighted by Crippen LogP contribution is 2.40. The fourth-order valence-electron chi connectivity index (χ4n) is 9.95. The van der Waals surface area contributed by atoms with Crippen LogP contribution in [0, 0.1) is 6.33 Å². The molecule has 0 bridgehead atoms. The fraction of sp³-hybridized carbons (Fsp3) is 0.182. The van der Waals surface area contributed by atoms with E-state index < -0.39 is 18.1 Å². The SMILES string of the molecule is [2H]c1c([2H])c([2H])c(-c2cccc(-c3cc(C(C)(C)C)cc(C(C)(C)C)c3)c2-[n+]2[c-]n(-c3cccc(Oc4ccc5c6ccccc6n(-c6cc(CC(C)(C)c7ccccc7)ccn6)c5c4)c3)c3ccccc32)c([2H])c1[2H]. The van der Waals surface area contributed by atoms with Crippen LogP contribution in [0.1, 0.15) is 84.5 Å². The summed E-state index contributed by atoms with van der Waals surface area (Å²) in [6.07, 6.45) is 6.46. The molecule has 0 aliphatic rings. The highest BCUT2D eigenvalue weighted by Gasteiger charge is 2.26. The summed E-state index contributed by atoms with van der Waals surface area (Å²) < 4.78 is 57.5. The Kier molecular flexibility index (Phi) is 9.94. The second-order valence-electron chi connectivity index (χ2n) is 21.3. The molecule has 0 saturated heterocycles. The van der Waals surface area contributed by atoms with E-state index >= 15 is 0 Å². The number of hydrogen-bond acceptors (Lipinski definition) is 2. The summed E-state index contributed by atoms with van der Waals surface area (Å²) in [5, 5.41) is 2.22. The van der Waals surface area contributed by atoms with Gasteiger partial charge in [0, 0.05) is 23.0 Å². The zero-order chi connectivity index (χ0) is 53.4. The highest BCUT2D eigenvalue weighted by molar-refractivity contribution is 6.09. The first kappa shape index (κ1) is 39.8. The van der Waals surface area contributed by atoms with Gasteiger partial charge < -0.3 is 4.74 Å². The molecule has 0 unspecified atom stereocenters. The van der Waals surface area contributed by atoms with E-state index in [0.717, 1.165) is 73.0 Å². The molecule has 350 valence electrons. The van der Waals surface area contributed by atoms with E-state index in [0.29, 0.717) is 22.7 Å². The number of hydrogen-bond donors (Lipinski definition) is 0. The van der Waals surface area contributed by atoms with Gasteiger partial charge in [-0.15, -0.1) is 0 Å². The minimum absolute atomic E-state index is 0.0854. The van der Waals surface area contributed by atoms with Gasteiger partial charge in [-0.1, -0.05) is 201 Å². The summed E-state index contributed by atoms with van der Waals surface area (Å²) in [6, 6.07) is 56.4. The number of pyridine rings is 1. The van der Waals surface area contributed by atoms with Gasteiger partial charge in [0.25, 0.3) is 6.33 Å². The predicted octanol–water partition coefficient (Wildman–Crippen LogP) is 16.4. The van der Waals surface area contributed by atoms with E-state index in [-0.39, 0.29) is 33.9 Å². The maximum absolute atomic E-state index is 9.23. The van der Waals surface area contributed by atoms with Crippen molar-refractivity contribution in [3.63, 3.8) is 0 Å². The van der Waals surface area contributed by atoms with E-state index in [1.807, 2.05) is 82.1 Å². The molecule has 0 amide bonds. The second-order valence-corrected chi connectivity index (χ2v) is 21.3. The van der Waals surface area contributed by atoms with Crippen LogP contribution in [0.15, 0.2) is 206 Å². The second kappa shape index (κ2) is 17.7. The Hall–Kier alpha value is -8.02. The van der Waals surface area contributed by atoms with Crippen LogP contribution in [0.4, 0.5) is 0 Å². The predicted molar refractivity (Wildman–Crippen MR) is 294 cm³/mol. The molecule has 5 heteroatoms. The van der Waals surface area contributed by atoms with E-state index in [1.165, 1.54) is 11.1 Å². The van der Waals surface area contributed by atoms with Gasteiger partial charge in [-0.3, -0.25) is 13.7 Å². The molecule has 0 N–H and O–H groups in total. The molecular weight excluding hydrogens is 865 g/mol. The van der Waals surface area contributed by atoms with Gasteiger partial charge in [-0.2, -0.15) is 0 Å². The third-order valence-electron chi connectivity index (χ3n) is 13.8. The van der Waals surface area contributed by atoms with Crippen molar-refractivity contribution >= 4 is 32.8 Å². The van der Waals surface area contributed by atoms with Crippen LogP contribution in [0.2, 0.25) is 0 Å². The largest absolute Gasteiger partial charge is 0.458 e. The van der Waals surface area contributed by atoms with Crippen LogP contribution in [0.3, 0.4) is 0 Å². The standard InChI is InChI=1S/C66H60N4O/c1-64(2,3)49-38-47(39-50(40-49)65(4,5)6)55-29-20-28-54(46-21-11-9-12-22-46)63(55)69-44-68(59-31-17-18-32-60(59)69)51-25-19-26-52(41-51)71-53-33-34-57-56-27-15-16-30-58(56)70(61(57)42-53)62-37-45(35-36-67-62)43-66(7,8)48-23-13-10-14-24-48/h9-42H,43H2,1-8H3/i9D,11D,12D,21D,22D.